The molecule has 2 aromatic carbocycles. The maximum Gasteiger partial charge on any atom is 0.307 e. The van der Waals surface area contributed by atoms with Gasteiger partial charge >= 0.3 is 5.97 Å². The van der Waals surface area contributed by atoms with Crippen LogP contribution in [0.4, 0.5) is 0 Å². The van der Waals surface area contributed by atoms with E-state index in [1.807, 2.05) is 54.6 Å². The minimum Gasteiger partial charge on any atom is -0.481 e. The van der Waals surface area contributed by atoms with Crippen LogP contribution in [0.5, 0.6) is 0 Å². The zero-order valence-corrected chi connectivity index (χ0v) is 12.0. The first-order chi connectivity index (χ1) is 9.59. The summed E-state index contributed by atoms with van der Waals surface area (Å²) in [6.07, 6.45) is 0.542. The van der Waals surface area contributed by atoms with Gasteiger partial charge < -0.3 is 5.11 Å². The van der Waals surface area contributed by atoms with Crippen LogP contribution in [0.2, 0.25) is 0 Å². The standard InChI is InChI=1S/C17H17ClO2/c1-12(17(19)20)16(18)11-14-9-5-6-10-15(14)13-7-3-2-4-8-13/h2-10,12,16H,11H2,1H3,(H,19,20). The molecule has 0 heterocycles. The number of hydrogen-bond donors (Lipinski definition) is 1. The van der Waals surface area contributed by atoms with E-state index in [1.54, 1.807) is 6.92 Å². The lowest BCUT2D eigenvalue weighted by atomic mass is 9.93. The average molecular weight is 289 g/mol. The number of alkyl halides is 1. The van der Waals surface area contributed by atoms with Gasteiger partial charge in [-0.25, -0.2) is 0 Å². The van der Waals surface area contributed by atoms with E-state index in [-0.39, 0.29) is 0 Å². The highest BCUT2D eigenvalue weighted by Crippen LogP contribution is 2.27. The lowest BCUT2D eigenvalue weighted by Crippen LogP contribution is -2.23. The Hall–Kier alpha value is -1.80. The molecule has 0 spiro atoms. The fraction of sp³-hybridized carbons (Fsp3) is 0.235. The number of carboxylic acid groups (broad SMARTS) is 1. The second-order valence-corrected chi connectivity index (χ2v) is 5.43. The highest BCUT2D eigenvalue weighted by atomic mass is 35.5. The molecule has 0 radical (unpaired) electrons. The van der Waals surface area contributed by atoms with E-state index in [0.717, 1.165) is 16.7 Å². The van der Waals surface area contributed by atoms with Crippen molar-refractivity contribution in [1.29, 1.82) is 0 Å². The van der Waals surface area contributed by atoms with Gasteiger partial charge in [-0.15, -0.1) is 11.6 Å². The number of rotatable bonds is 5. The molecule has 2 nitrogen and oxygen atoms in total. The molecule has 2 unspecified atom stereocenters. The molecule has 0 aliphatic heterocycles. The molecular formula is C17H17ClO2. The van der Waals surface area contributed by atoms with Crippen molar-refractivity contribution in [3.63, 3.8) is 0 Å². The lowest BCUT2D eigenvalue weighted by Gasteiger charge is -2.16. The molecule has 0 aliphatic carbocycles. The Labute approximate surface area is 124 Å². The summed E-state index contributed by atoms with van der Waals surface area (Å²) in [4.78, 5) is 11.0. The normalized spacial score (nSPS) is 13.7. The van der Waals surface area contributed by atoms with Crippen molar-refractivity contribution in [2.75, 3.05) is 0 Å². The van der Waals surface area contributed by atoms with Gasteiger partial charge in [0.15, 0.2) is 0 Å². The molecular weight excluding hydrogens is 272 g/mol. The molecule has 2 atom stereocenters. The zero-order valence-electron chi connectivity index (χ0n) is 11.3. The summed E-state index contributed by atoms with van der Waals surface area (Å²) >= 11 is 6.24. The molecule has 3 heteroatoms. The van der Waals surface area contributed by atoms with Gasteiger partial charge in [0.1, 0.15) is 0 Å². The van der Waals surface area contributed by atoms with Gasteiger partial charge in [0, 0.05) is 0 Å². The third-order valence-corrected chi connectivity index (χ3v) is 3.98. The van der Waals surface area contributed by atoms with Crippen molar-refractivity contribution in [3.05, 3.63) is 60.2 Å². The smallest absolute Gasteiger partial charge is 0.307 e. The molecule has 1 N–H and O–H groups in total. The summed E-state index contributed by atoms with van der Waals surface area (Å²) in [5.74, 6) is -1.43. The van der Waals surface area contributed by atoms with Crippen LogP contribution in [0.15, 0.2) is 54.6 Å². The summed E-state index contributed by atoms with van der Waals surface area (Å²) in [7, 11) is 0. The van der Waals surface area contributed by atoms with E-state index >= 15 is 0 Å². The number of halogens is 1. The van der Waals surface area contributed by atoms with E-state index in [1.165, 1.54) is 0 Å². The summed E-state index contributed by atoms with van der Waals surface area (Å²) in [5.41, 5.74) is 3.30. The maximum atomic E-state index is 11.0. The van der Waals surface area contributed by atoms with Crippen LogP contribution >= 0.6 is 11.6 Å². The number of aliphatic carboxylic acids is 1. The van der Waals surface area contributed by atoms with Gasteiger partial charge in [-0.3, -0.25) is 4.79 Å². The largest absolute Gasteiger partial charge is 0.481 e. The van der Waals surface area contributed by atoms with Crippen LogP contribution in [0.3, 0.4) is 0 Å². The Balaban J connectivity index is 2.27. The second-order valence-electron chi connectivity index (χ2n) is 4.87. The second kappa shape index (κ2) is 6.58. The van der Waals surface area contributed by atoms with Crippen LogP contribution in [0.1, 0.15) is 12.5 Å². The molecule has 0 bridgehead atoms. The van der Waals surface area contributed by atoms with Crippen LogP contribution in [0.25, 0.3) is 11.1 Å². The third-order valence-electron chi connectivity index (χ3n) is 3.45. The predicted molar refractivity (Wildman–Crippen MR) is 82.0 cm³/mol. The van der Waals surface area contributed by atoms with Crippen LogP contribution in [-0.2, 0) is 11.2 Å². The van der Waals surface area contributed by atoms with E-state index in [0.29, 0.717) is 6.42 Å². The number of carbonyl (C=O) groups is 1. The van der Waals surface area contributed by atoms with Gasteiger partial charge in [-0.1, -0.05) is 61.5 Å². The first-order valence-corrected chi connectivity index (χ1v) is 7.03. The van der Waals surface area contributed by atoms with Gasteiger partial charge in [-0.05, 0) is 23.1 Å². The fourth-order valence-electron chi connectivity index (χ4n) is 2.14. The SMILES string of the molecule is CC(C(=O)O)C(Cl)Cc1ccccc1-c1ccccc1. The Morgan fingerprint density at radius 1 is 1.10 bits per heavy atom. The molecule has 0 saturated carbocycles. The minimum atomic E-state index is -0.859. The molecule has 2 aromatic rings. The first-order valence-electron chi connectivity index (χ1n) is 6.60. The number of hydrogen-bond acceptors (Lipinski definition) is 1. The van der Waals surface area contributed by atoms with Crippen LogP contribution in [-0.4, -0.2) is 16.5 Å². The van der Waals surface area contributed by atoms with Crippen molar-refractivity contribution in [2.24, 2.45) is 5.92 Å². The Kier molecular flexibility index (Phi) is 4.80. The summed E-state index contributed by atoms with van der Waals surface area (Å²) in [5, 5.41) is 8.61. The molecule has 0 saturated heterocycles. The molecule has 2 rings (SSSR count). The van der Waals surface area contributed by atoms with Crippen molar-refractivity contribution >= 4 is 17.6 Å². The van der Waals surface area contributed by atoms with Gasteiger partial charge in [0.05, 0.1) is 11.3 Å². The summed E-state index contributed by atoms with van der Waals surface area (Å²) < 4.78 is 0. The van der Waals surface area contributed by atoms with E-state index in [9.17, 15) is 4.79 Å². The van der Waals surface area contributed by atoms with Crippen LogP contribution < -0.4 is 0 Å². The van der Waals surface area contributed by atoms with E-state index in [2.05, 4.69) is 0 Å². The molecule has 104 valence electrons. The molecule has 0 aromatic heterocycles. The Bertz CT molecular complexity index is 581. The van der Waals surface area contributed by atoms with E-state index in [4.69, 9.17) is 16.7 Å². The van der Waals surface area contributed by atoms with Crippen molar-refractivity contribution in [1.82, 2.24) is 0 Å². The lowest BCUT2D eigenvalue weighted by molar-refractivity contribution is -0.141. The topological polar surface area (TPSA) is 37.3 Å². The fourth-order valence-corrected chi connectivity index (χ4v) is 2.41. The Morgan fingerprint density at radius 2 is 1.70 bits per heavy atom. The molecule has 20 heavy (non-hydrogen) atoms. The molecule has 0 aliphatic rings. The Morgan fingerprint density at radius 3 is 2.35 bits per heavy atom. The monoisotopic (exact) mass is 288 g/mol. The molecule has 0 fully saturated rings. The van der Waals surface area contributed by atoms with Gasteiger partial charge in [-0.2, -0.15) is 0 Å². The molecule has 0 amide bonds. The maximum absolute atomic E-state index is 11.0. The highest BCUT2D eigenvalue weighted by Gasteiger charge is 2.22. The third kappa shape index (κ3) is 3.40. The van der Waals surface area contributed by atoms with Gasteiger partial charge in [0.2, 0.25) is 0 Å². The first kappa shape index (κ1) is 14.6. The van der Waals surface area contributed by atoms with Crippen LogP contribution in [0, 0.1) is 5.92 Å². The summed E-state index contributed by atoms with van der Waals surface area (Å²) in [6, 6.07) is 18.0. The zero-order chi connectivity index (χ0) is 14.5. The van der Waals surface area contributed by atoms with E-state index < -0.39 is 17.3 Å². The highest BCUT2D eigenvalue weighted by molar-refractivity contribution is 6.22. The van der Waals surface area contributed by atoms with Crippen molar-refractivity contribution in [3.8, 4) is 11.1 Å². The average Bonchev–Trinajstić information content (AvgIpc) is 2.47. The van der Waals surface area contributed by atoms with Gasteiger partial charge in [0.25, 0.3) is 0 Å². The number of benzene rings is 2. The van der Waals surface area contributed by atoms with Crippen molar-refractivity contribution in [2.45, 2.75) is 18.7 Å². The number of carboxylic acids is 1. The van der Waals surface area contributed by atoms with Crippen molar-refractivity contribution < 1.29 is 9.90 Å². The summed E-state index contributed by atoms with van der Waals surface area (Å²) in [6.45, 7) is 1.64. The minimum absolute atomic E-state index is 0.419. The quantitative estimate of drug-likeness (QED) is 0.836. The predicted octanol–water partition coefficient (Wildman–Crippen LogP) is 4.22.